The van der Waals surface area contributed by atoms with Crippen LogP contribution in [-0.4, -0.2) is 27.4 Å². The van der Waals surface area contributed by atoms with Gasteiger partial charge in [-0.05, 0) is 13.3 Å². The van der Waals surface area contributed by atoms with E-state index in [4.69, 9.17) is 0 Å². The predicted octanol–water partition coefficient (Wildman–Crippen LogP) is 1.01. The number of amides is 1. The molecule has 0 fully saturated rings. The molecule has 5 nitrogen and oxygen atoms in total. The van der Waals surface area contributed by atoms with Crippen molar-refractivity contribution in [3.05, 3.63) is 27.5 Å². The first-order valence-electron chi connectivity index (χ1n) is 5.33. The van der Waals surface area contributed by atoms with E-state index in [9.17, 15) is 14.7 Å². The highest BCUT2D eigenvalue weighted by atomic mass is 16.3. The van der Waals surface area contributed by atoms with Crippen molar-refractivity contribution >= 4 is 5.91 Å². The van der Waals surface area contributed by atoms with Crippen molar-refractivity contribution in [1.29, 1.82) is 0 Å². The molecule has 86 valence electrons. The van der Waals surface area contributed by atoms with E-state index in [0.717, 1.165) is 6.42 Å². The van der Waals surface area contributed by atoms with Crippen molar-refractivity contribution in [2.75, 3.05) is 6.54 Å². The van der Waals surface area contributed by atoms with Crippen molar-refractivity contribution in [3.63, 3.8) is 0 Å². The average molecular weight is 222 g/mol. The molecule has 1 aromatic heterocycles. The van der Waals surface area contributed by atoms with Gasteiger partial charge in [0.25, 0.3) is 11.5 Å². The van der Waals surface area contributed by atoms with Crippen molar-refractivity contribution in [2.24, 2.45) is 0 Å². The Labute approximate surface area is 92.7 Å². The van der Waals surface area contributed by atoms with Crippen LogP contribution in [0.25, 0.3) is 0 Å². The number of hydrogen-bond acceptors (Lipinski definition) is 3. The third-order valence-electron chi connectivity index (χ3n) is 2.90. The number of aromatic nitrogens is 1. The smallest absolute Gasteiger partial charge is 0.255 e. The fraction of sp³-hybridized carbons (Fsp3) is 0.455. The zero-order chi connectivity index (χ0) is 11.9. The Kier molecular flexibility index (Phi) is 2.46. The number of pyridine rings is 1. The third kappa shape index (κ3) is 1.39. The van der Waals surface area contributed by atoms with Gasteiger partial charge in [0, 0.05) is 18.2 Å². The molecule has 1 aliphatic rings. The lowest BCUT2D eigenvalue weighted by atomic mass is 10.1. The Balaban J connectivity index is 2.55. The quantitative estimate of drug-likeness (QED) is 0.784. The van der Waals surface area contributed by atoms with Gasteiger partial charge in [-0.3, -0.25) is 14.6 Å². The molecule has 0 saturated heterocycles. The van der Waals surface area contributed by atoms with Crippen LogP contribution >= 0.6 is 0 Å². The van der Waals surface area contributed by atoms with Crippen LogP contribution in [0, 0.1) is 0 Å². The zero-order valence-electron chi connectivity index (χ0n) is 9.28. The van der Waals surface area contributed by atoms with E-state index in [1.807, 2.05) is 13.8 Å². The molecule has 2 N–H and O–H groups in total. The molecule has 0 spiro atoms. The van der Waals surface area contributed by atoms with Gasteiger partial charge in [-0.15, -0.1) is 0 Å². The zero-order valence-corrected chi connectivity index (χ0v) is 9.28. The number of nitrogens with one attached hydrogen (secondary N) is 1. The molecule has 16 heavy (non-hydrogen) atoms. The van der Waals surface area contributed by atoms with Gasteiger partial charge in [-0.25, -0.2) is 0 Å². The highest BCUT2D eigenvalue weighted by molar-refractivity contribution is 5.99. The fourth-order valence-corrected chi connectivity index (χ4v) is 2.18. The maximum absolute atomic E-state index is 12.0. The normalized spacial score (nSPS) is 19.0. The van der Waals surface area contributed by atoms with Crippen molar-refractivity contribution < 1.29 is 9.90 Å². The van der Waals surface area contributed by atoms with Gasteiger partial charge >= 0.3 is 0 Å². The first-order chi connectivity index (χ1) is 7.56. The van der Waals surface area contributed by atoms with Crippen LogP contribution < -0.4 is 5.56 Å². The molecular formula is C11H14N2O3. The monoisotopic (exact) mass is 222 g/mol. The number of carbonyl (C=O) groups excluding carboxylic acids is 1. The predicted molar refractivity (Wildman–Crippen MR) is 58.5 cm³/mol. The average Bonchev–Trinajstić information content (AvgIpc) is 2.43. The Hall–Kier alpha value is -1.78. The highest BCUT2D eigenvalue weighted by Gasteiger charge is 2.36. The van der Waals surface area contributed by atoms with Crippen molar-refractivity contribution in [1.82, 2.24) is 9.88 Å². The van der Waals surface area contributed by atoms with Gasteiger partial charge < -0.3 is 10.0 Å². The van der Waals surface area contributed by atoms with Crippen LogP contribution in [0.1, 0.15) is 42.2 Å². The maximum atomic E-state index is 12.0. The van der Waals surface area contributed by atoms with Gasteiger partial charge in [-0.2, -0.15) is 0 Å². The summed E-state index contributed by atoms with van der Waals surface area (Å²) in [5, 5.41) is 9.65. The van der Waals surface area contributed by atoms with Crippen molar-refractivity contribution in [2.45, 2.75) is 26.3 Å². The molecule has 2 heterocycles. The van der Waals surface area contributed by atoms with Crippen LogP contribution in [0.2, 0.25) is 0 Å². The summed E-state index contributed by atoms with van der Waals surface area (Å²) in [5.74, 6) is -0.368. The first kappa shape index (κ1) is 10.7. The number of rotatable bonds is 2. The number of carbonyl (C=O) groups is 1. The number of hydrogen-bond donors (Lipinski definition) is 2. The van der Waals surface area contributed by atoms with Crippen LogP contribution in [-0.2, 0) is 0 Å². The minimum atomic E-state index is -0.449. The third-order valence-corrected chi connectivity index (χ3v) is 2.90. The van der Waals surface area contributed by atoms with Crippen LogP contribution in [0.4, 0.5) is 0 Å². The van der Waals surface area contributed by atoms with Crippen LogP contribution in [0.15, 0.2) is 10.9 Å². The second-order valence-electron chi connectivity index (χ2n) is 3.98. The number of fused-ring (bicyclic) bond motifs is 1. The minimum Gasteiger partial charge on any atom is -0.494 e. The molecule has 0 radical (unpaired) electrons. The lowest BCUT2D eigenvalue weighted by Gasteiger charge is -2.20. The Morgan fingerprint density at radius 2 is 2.19 bits per heavy atom. The minimum absolute atomic E-state index is 0.175. The second-order valence-corrected chi connectivity index (χ2v) is 3.98. The Morgan fingerprint density at radius 1 is 1.50 bits per heavy atom. The van der Waals surface area contributed by atoms with Crippen molar-refractivity contribution in [3.8, 4) is 5.88 Å². The Bertz CT molecular complexity index is 492. The van der Waals surface area contributed by atoms with Gasteiger partial charge in [0.15, 0.2) is 5.88 Å². The van der Waals surface area contributed by atoms with Gasteiger partial charge in [0.1, 0.15) is 0 Å². The lowest BCUT2D eigenvalue weighted by Crippen LogP contribution is -2.27. The van der Waals surface area contributed by atoms with E-state index >= 15 is 0 Å². The summed E-state index contributed by atoms with van der Waals surface area (Å²) in [7, 11) is 0. The molecule has 1 aromatic rings. The topological polar surface area (TPSA) is 73.4 Å². The summed E-state index contributed by atoms with van der Waals surface area (Å²) >= 11 is 0. The number of aromatic hydroxyl groups is 1. The van der Waals surface area contributed by atoms with E-state index in [2.05, 4.69) is 4.98 Å². The number of H-pyrrole nitrogens is 1. The number of aromatic amines is 1. The maximum Gasteiger partial charge on any atom is 0.255 e. The van der Waals surface area contributed by atoms with E-state index in [1.54, 1.807) is 4.90 Å². The molecule has 1 unspecified atom stereocenters. The second kappa shape index (κ2) is 3.66. The molecular weight excluding hydrogens is 208 g/mol. The van der Waals surface area contributed by atoms with Gasteiger partial charge in [0.05, 0.1) is 11.6 Å². The van der Waals surface area contributed by atoms with Gasteiger partial charge in [-0.1, -0.05) is 6.92 Å². The lowest BCUT2D eigenvalue weighted by molar-refractivity contribution is 0.0737. The Morgan fingerprint density at radius 3 is 2.81 bits per heavy atom. The highest BCUT2D eigenvalue weighted by Crippen LogP contribution is 2.36. The molecule has 5 heteroatoms. The van der Waals surface area contributed by atoms with Crippen LogP contribution in [0.3, 0.4) is 0 Å². The summed E-state index contributed by atoms with van der Waals surface area (Å²) in [5.41, 5.74) is 0.399. The molecule has 0 aliphatic carbocycles. The first-order valence-corrected chi connectivity index (χ1v) is 5.33. The SMILES string of the molecule is CCCN1C(=O)c2cc(=O)[nH]c(O)c2C1C. The fourth-order valence-electron chi connectivity index (χ4n) is 2.18. The molecule has 0 aromatic carbocycles. The largest absolute Gasteiger partial charge is 0.494 e. The molecule has 1 amide bonds. The summed E-state index contributed by atoms with van der Waals surface area (Å²) in [6.45, 7) is 4.45. The van der Waals surface area contributed by atoms with E-state index in [1.165, 1.54) is 6.07 Å². The van der Waals surface area contributed by atoms with Crippen LogP contribution in [0.5, 0.6) is 5.88 Å². The molecule has 0 bridgehead atoms. The molecule has 1 atom stereocenters. The van der Waals surface area contributed by atoms with E-state index in [0.29, 0.717) is 17.7 Å². The standard InChI is InChI=1S/C11H14N2O3/c1-3-4-13-6(2)9-7(11(13)16)5-8(14)12-10(9)15/h5-6H,3-4H2,1-2H3,(H2,12,14,15). The molecule has 0 saturated carbocycles. The van der Waals surface area contributed by atoms with Gasteiger partial charge in [0.2, 0.25) is 0 Å². The van der Waals surface area contributed by atoms with E-state index in [-0.39, 0.29) is 17.8 Å². The van der Waals surface area contributed by atoms with E-state index < -0.39 is 5.56 Å². The summed E-state index contributed by atoms with van der Waals surface area (Å²) in [4.78, 5) is 27.1. The molecule has 1 aliphatic heterocycles. The summed E-state index contributed by atoms with van der Waals surface area (Å²) < 4.78 is 0. The summed E-state index contributed by atoms with van der Waals surface area (Å²) in [6, 6.07) is 1.07. The summed E-state index contributed by atoms with van der Waals surface area (Å²) in [6.07, 6.45) is 0.846. The molecule has 2 rings (SSSR count). The number of nitrogens with zero attached hydrogens (tertiary/aromatic N) is 1.